The van der Waals surface area contributed by atoms with E-state index in [0.29, 0.717) is 13.1 Å². The quantitative estimate of drug-likeness (QED) is 0.776. The number of nitrogens with zero attached hydrogens (tertiary/aromatic N) is 2. The Morgan fingerprint density at radius 1 is 1.47 bits per heavy atom. The molecule has 0 aromatic carbocycles. The van der Waals surface area contributed by atoms with Crippen LogP contribution in [-0.2, 0) is 19.2 Å². The molecule has 2 atom stereocenters. The van der Waals surface area contributed by atoms with E-state index >= 15 is 0 Å². The molecule has 1 saturated heterocycles. The van der Waals surface area contributed by atoms with E-state index in [9.17, 15) is 9.59 Å². The number of carbonyl (C=O) groups excluding carboxylic acids is 1. The van der Waals surface area contributed by atoms with Crippen LogP contribution in [0.3, 0.4) is 0 Å². The lowest BCUT2D eigenvalue weighted by Gasteiger charge is -2.42. The molecular weight excluding hydrogens is 252 g/mol. The molecule has 106 valence electrons. The van der Waals surface area contributed by atoms with Crippen molar-refractivity contribution in [3.63, 3.8) is 0 Å². The largest absolute Gasteiger partial charge is 0.477 e. The molecule has 2 rings (SSSR count). The van der Waals surface area contributed by atoms with Crippen LogP contribution in [0.5, 0.6) is 0 Å². The molecule has 7 nitrogen and oxygen atoms in total. The molecule has 2 heterocycles. The third-order valence-corrected chi connectivity index (χ3v) is 3.07. The fourth-order valence-corrected chi connectivity index (χ4v) is 2.46. The van der Waals surface area contributed by atoms with Crippen molar-refractivity contribution in [2.24, 2.45) is 5.16 Å². The van der Waals surface area contributed by atoms with Gasteiger partial charge < -0.3 is 19.6 Å². The van der Waals surface area contributed by atoms with E-state index in [2.05, 4.69) is 5.16 Å². The predicted octanol–water partition coefficient (Wildman–Crippen LogP) is 0.242. The number of hydrogen-bond donors (Lipinski definition) is 1. The van der Waals surface area contributed by atoms with E-state index in [0.717, 1.165) is 0 Å². The number of rotatable bonds is 2. The Balaban J connectivity index is 1.99. The summed E-state index contributed by atoms with van der Waals surface area (Å²) in [6.07, 6.45) is -0.874. The second kappa shape index (κ2) is 4.80. The second-order valence-corrected chi connectivity index (χ2v) is 5.55. The monoisotopic (exact) mass is 270 g/mol. The standard InChI is InChI=1S/C12H18N2O5/c1-7-5-14(6-12(2,3)18-7)10(15)9-4-8(11(16)17)13-19-9/h7,9H,4-6H2,1-3H3,(H,16,17). The molecular formula is C12H18N2O5. The van der Waals surface area contributed by atoms with Gasteiger partial charge in [0.25, 0.3) is 5.91 Å². The number of hydrogen-bond acceptors (Lipinski definition) is 5. The van der Waals surface area contributed by atoms with Crippen LogP contribution in [0.25, 0.3) is 0 Å². The summed E-state index contributed by atoms with van der Waals surface area (Å²) in [4.78, 5) is 29.6. The molecule has 0 radical (unpaired) electrons. The first-order valence-corrected chi connectivity index (χ1v) is 6.21. The normalized spacial score (nSPS) is 29.6. The van der Waals surface area contributed by atoms with E-state index in [1.54, 1.807) is 4.90 Å². The summed E-state index contributed by atoms with van der Waals surface area (Å²) < 4.78 is 5.72. The molecule has 2 aliphatic rings. The first kappa shape index (κ1) is 13.8. The number of ether oxygens (including phenoxy) is 1. The molecule has 0 spiro atoms. The van der Waals surface area contributed by atoms with E-state index in [1.165, 1.54) is 0 Å². The van der Waals surface area contributed by atoms with E-state index < -0.39 is 17.7 Å². The molecule has 7 heteroatoms. The van der Waals surface area contributed by atoms with Gasteiger partial charge in [0.1, 0.15) is 0 Å². The predicted molar refractivity (Wildman–Crippen MR) is 65.8 cm³/mol. The van der Waals surface area contributed by atoms with Crippen LogP contribution in [0.1, 0.15) is 27.2 Å². The van der Waals surface area contributed by atoms with E-state index in [4.69, 9.17) is 14.7 Å². The average molecular weight is 270 g/mol. The smallest absolute Gasteiger partial charge is 0.353 e. The third kappa shape index (κ3) is 3.04. The lowest BCUT2D eigenvalue weighted by molar-refractivity contribution is -0.166. The summed E-state index contributed by atoms with van der Waals surface area (Å²) in [6, 6.07) is 0. The summed E-state index contributed by atoms with van der Waals surface area (Å²) in [5, 5.41) is 12.2. The Labute approximate surface area is 111 Å². The van der Waals surface area contributed by atoms with Gasteiger partial charge in [0, 0.05) is 19.5 Å². The Hall–Kier alpha value is -1.63. The Morgan fingerprint density at radius 3 is 2.68 bits per heavy atom. The zero-order chi connectivity index (χ0) is 14.2. The number of morpholine rings is 1. The minimum Gasteiger partial charge on any atom is -0.477 e. The second-order valence-electron chi connectivity index (χ2n) is 5.55. The Kier molecular flexibility index (Phi) is 3.49. The SMILES string of the molecule is CC1CN(C(=O)C2CC(C(=O)O)=NO2)CC(C)(C)O1. The van der Waals surface area contributed by atoms with Crippen LogP contribution in [-0.4, -0.2) is 58.5 Å². The number of carbonyl (C=O) groups is 2. The van der Waals surface area contributed by atoms with Crippen molar-refractivity contribution in [1.82, 2.24) is 4.90 Å². The van der Waals surface area contributed by atoms with Crippen molar-refractivity contribution >= 4 is 17.6 Å². The van der Waals surface area contributed by atoms with Crippen molar-refractivity contribution in [2.45, 2.75) is 45.0 Å². The number of carboxylic acids is 1. The van der Waals surface area contributed by atoms with Crippen molar-refractivity contribution in [3.05, 3.63) is 0 Å². The van der Waals surface area contributed by atoms with E-state index in [-0.39, 0.29) is 24.1 Å². The van der Waals surface area contributed by atoms with Crippen molar-refractivity contribution in [3.8, 4) is 0 Å². The molecule has 0 bridgehead atoms. The first-order chi connectivity index (χ1) is 8.78. The number of oxime groups is 1. The maximum absolute atomic E-state index is 12.3. The van der Waals surface area contributed by atoms with Gasteiger partial charge in [-0.15, -0.1) is 0 Å². The zero-order valence-electron chi connectivity index (χ0n) is 11.3. The van der Waals surface area contributed by atoms with Gasteiger partial charge in [-0.05, 0) is 20.8 Å². The van der Waals surface area contributed by atoms with Crippen LogP contribution in [0.4, 0.5) is 0 Å². The third-order valence-electron chi connectivity index (χ3n) is 3.07. The Bertz CT molecular complexity index is 432. The molecule has 0 aromatic heterocycles. The molecule has 1 fully saturated rings. The minimum atomic E-state index is -1.15. The summed E-state index contributed by atoms with van der Waals surface area (Å²) in [5.41, 5.74) is -0.526. The molecule has 2 unspecified atom stereocenters. The van der Waals surface area contributed by atoms with Crippen molar-refractivity contribution in [1.29, 1.82) is 0 Å². The lowest BCUT2D eigenvalue weighted by atomic mass is 10.0. The van der Waals surface area contributed by atoms with Gasteiger partial charge in [0.15, 0.2) is 5.71 Å². The summed E-state index contributed by atoms with van der Waals surface area (Å²) >= 11 is 0. The lowest BCUT2D eigenvalue weighted by Crippen LogP contribution is -2.56. The number of amides is 1. The van der Waals surface area contributed by atoms with Gasteiger partial charge in [0.2, 0.25) is 6.10 Å². The topological polar surface area (TPSA) is 88.4 Å². The highest BCUT2D eigenvalue weighted by molar-refractivity contribution is 6.36. The van der Waals surface area contributed by atoms with Crippen LogP contribution in [0.15, 0.2) is 5.16 Å². The average Bonchev–Trinajstić information content (AvgIpc) is 2.74. The van der Waals surface area contributed by atoms with Crippen LogP contribution in [0, 0.1) is 0 Å². The maximum Gasteiger partial charge on any atom is 0.353 e. The summed E-state index contributed by atoms with van der Waals surface area (Å²) in [5.74, 6) is -1.38. The highest BCUT2D eigenvalue weighted by Crippen LogP contribution is 2.23. The first-order valence-electron chi connectivity index (χ1n) is 6.21. The van der Waals surface area contributed by atoms with Gasteiger partial charge in [0.05, 0.1) is 11.7 Å². The van der Waals surface area contributed by atoms with Crippen molar-refractivity contribution < 1.29 is 24.3 Å². The maximum atomic E-state index is 12.3. The molecule has 0 aliphatic carbocycles. The van der Waals surface area contributed by atoms with Gasteiger partial charge in [-0.3, -0.25) is 4.79 Å². The molecule has 1 N–H and O–H groups in total. The highest BCUT2D eigenvalue weighted by atomic mass is 16.6. The summed E-state index contributed by atoms with van der Waals surface area (Å²) in [7, 11) is 0. The van der Waals surface area contributed by atoms with Gasteiger partial charge in [-0.25, -0.2) is 4.79 Å². The van der Waals surface area contributed by atoms with Crippen LogP contribution in [0.2, 0.25) is 0 Å². The highest BCUT2D eigenvalue weighted by Gasteiger charge is 2.39. The molecule has 19 heavy (non-hydrogen) atoms. The van der Waals surface area contributed by atoms with E-state index in [1.807, 2.05) is 20.8 Å². The molecule has 0 saturated carbocycles. The zero-order valence-corrected chi connectivity index (χ0v) is 11.3. The van der Waals surface area contributed by atoms with Gasteiger partial charge >= 0.3 is 5.97 Å². The Morgan fingerprint density at radius 2 is 2.16 bits per heavy atom. The molecule has 0 aromatic rings. The fourth-order valence-electron chi connectivity index (χ4n) is 2.46. The molecule has 1 amide bonds. The minimum absolute atomic E-state index is 0.0142. The molecule has 2 aliphatic heterocycles. The fraction of sp³-hybridized carbons (Fsp3) is 0.750. The van der Waals surface area contributed by atoms with Gasteiger partial charge in [-0.2, -0.15) is 0 Å². The number of carboxylic acid groups (broad SMARTS) is 1. The summed E-state index contributed by atoms with van der Waals surface area (Å²) in [6.45, 7) is 6.66. The van der Waals surface area contributed by atoms with Gasteiger partial charge in [-0.1, -0.05) is 5.16 Å². The van der Waals surface area contributed by atoms with Crippen LogP contribution >= 0.6 is 0 Å². The van der Waals surface area contributed by atoms with Crippen molar-refractivity contribution in [2.75, 3.05) is 13.1 Å². The van der Waals surface area contributed by atoms with Crippen LogP contribution < -0.4 is 0 Å². The number of aliphatic carboxylic acids is 1.